The molecule has 8 heteroatoms. The van der Waals surface area contributed by atoms with E-state index >= 15 is 0 Å². The lowest BCUT2D eigenvalue weighted by Crippen LogP contribution is -2.58. The summed E-state index contributed by atoms with van der Waals surface area (Å²) in [7, 11) is -6.58. The molecule has 2 rings (SSSR count). The summed E-state index contributed by atoms with van der Waals surface area (Å²) in [4.78, 5) is 0. The summed E-state index contributed by atoms with van der Waals surface area (Å²) < 4.78 is 50.9. The van der Waals surface area contributed by atoms with Gasteiger partial charge in [0.1, 0.15) is 9.84 Å². The fourth-order valence-corrected chi connectivity index (χ4v) is 7.23. The number of hydrogen-bond acceptors (Lipinski definition) is 5. The minimum Gasteiger partial charge on any atom is -0.329 e. The van der Waals surface area contributed by atoms with E-state index in [1.165, 1.54) is 0 Å². The Morgan fingerprint density at radius 3 is 2.38 bits per heavy atom. The number of hydrogen-bond donors (Lipinski definition) is 2. The smallest absolute Gasteiger partial charge is 0.215 e. The highest BCUT2D eigenvalue weighted by atomic mass is 32.2. The topological polar surface area (TPSA) is 106 Å². The molecule has 1 saturated heterocycles. The third-order valence-corrected chi connectivity index (χ3v) is 8.56. The third kappa shape index (κ3) is 4.18. The van der Waals surface area contributed by atoms with Gasteiger partial charge in [-0.3, -0.25) is 0 Å². The minimum atomic E-state index is -3.52. The molecule has 1 aliphatic heterocycles. The van der Waals surface area contributed by atoms with Crippen LogP contribution in [0.2, 0.25) is 0 Å². The molecule has 0 aromatic heterocycles. The Kier molecular flexibility index (Phi) is 5.02. The lowest BCUT2D eigenvalue weighted by atomic mass is 9.77. The van der Waals surface area contributed by atoms with Crippen LogP contribution in [0.15, 0.2) is 0 Å². The Balaban J connectivity index is 2.09. The van der Waals surface area contributed by atoms with Gasteiger partial charge in [-0.25, -0.2) is 21.6 Å². The van der Waals surface area contributed by atoms with E-state index in [4.69, 9.17) is 5.73 Å². The molecule has 2 atom stereocenters. The average Bonchev–Trinajstić information content (AvgIpc) is 2.37. The van der Waals surface area contributed by atoms with Crippen LogP contribution in [0.1, 0.15) is 45.4 Å². The summed E-state index contributed by atoms with van der Waals surface area (Å²) in [5, 5.41) is -0.610. The number of nitrogens with one attached hydrogen (secondary N) is 1. The van der Waals surface area contributed by atoms with Crippen LogP contribution in [0.3, 0.4) is 0 Å². The van der Waals surface area contributed by atoms with E-state index in [-0.39, 0.29) is 24.3 Å². The fourth-order valence-electron chi connectivity index (χ4n) is 3.54. The van der Waals surface area contributed by atoms with Crippen molar-refractivity contribution in [1.82, 2.24) is 4.72 Å². The van der Waals surface area contributed by atoms with E-state index in [0.29, 0.717) is 12.5 Å². The van der Waals surface area contributed by atoms with Crippen molar-refractivity contribution in [3.63, 3.8) is 0 Å². The SMILES string of the molecule is CC1CCCC(CN)(NS(=O)(=O)C2CCS(=O)(=O)CC2)C1. The second-order valence-electron chi connectivity index (χ2n) is 6.68. The second-order valence-corrected chi connectivity index (χ2v) is 10.9. The van der Waals surface area contributed by atoms with Crippen molar-refractivity contribution in [2.24, 2.45) is 11.7 Å². The highest BCUT2D eigenvalue weighted by Gasteiger charge is 2.41. The zero-order chi connectivity index (χ0) is 15.7. The molecule has 2 aliphatic rings. The first-order valence-corrected chi connectivity index (χ1v) is 11.0. The van der Waals surface area contributed by atoms with Crippen molar-refractivity contribution < 1.29 is 16.8 Å². The molecule has 21 heavy (non-hydrogen) atoms. The van der Waals surface area contributed by atoms with Gasteiger partial charge in [-0.05, 0) is 31.6 Å². The summed E-state index contributed by atoms with van der Waals surface area (Å²) in [6.07, 6.45) is 3.97. The van der Waals surface area contributed by atoms with Crippen molar-refractivity contribution in [2.75, 3.05) is 18.1 Å². The van der Waals surface area contributed by atoms with Gasteiger partial charge in [0.2, 0.25) is 10.0 Å². The Bertz CT molecular complexity index is 559. The molecule has 0 radical (unpaired) electrons. The molecule has 0 aromatic carbocycles. The zero-order valence-corrected chi connectivity index (χ0v) is 14.2. The van der Waals surface area contributed by atoms with Crippen LogP contribution in [0.4, 0.5) is 0 Å². The van der Waals surface area contributed by atoms with Crippen molar-refractivity contribution in [2.45, 2.75) is 56.2 Å². The predicted molar refractivity (Wildman–Crippen MR) is 83.1 cm³/mol. The molecule has 0 bridgehead atoms. The van der Waals surface area contributed by atoms with E-state index in [0.717, 1.165) is 25.7 Å². The minimum absolute atomic E-state index is 0.0371. The molecule has 1 saturated carbocycles. The first kappa shape index (κ1) is 17.2. The van der Waals surface area contributed by atoms with Gasteiger partial charge < -0.3 is 5.73 Å². The molecular weight excluding hydrogens is 312 g/mol. The molecule has 1 heterocycles. The van der Waals surface area contributed by atoms with Crippen LogP contribution in [0.5, 0.6) is 0 Å². The summed E-state index contributed by atoms with van der Waals surface area (Å²) in [6.45, 7) is 2.41. The summed E-state index contributed by atoms with van der Waals surface area (Å²) in [6, 6.07) is 0. The van der Waals surface area contributed by atoms with Crippen LogP contribution >= 0.6 is 0 Å². The standard InChI is InChI=1S/C13H26N2O4S2/c1-11-3-2-6-13(9-11,10-14)15-21(18,19)12-4-7-20(16,17)8-5-12/h11-12,15H,2-10,14H2,1H3. The van der Waals surface area contributed by atoms with Crippen LogP contribution < -0.4 is 10.5 Å². The van der Waals surface area contributed by atoms with Gasteiger partial charge in [-0.15, -0.1) is 0 Å². The van der Waals surface area contributed by atoms with Crippen molar-refractivity contribution in [1.29, 1.82) is 0 Å². The van der Waals surface area contributed by atoms with Gasteiger partial charge in [0, 0.05) is 12.1 Å². The molecule has 2 fully saturated rings. The van der Waals surface area contributed by atoms with E-state index in [2.05, 4.69) is 11.6 Å². The molecule has 3 N–H and O–H groups in total. The normalized spacial score (nSPS) is 34.7. The molecule has 1 aliphatic carbocycles. The van der Waals surface area contributed by atoms with Gasteiger partial charge in [-0.1, -0.05) is 19.8 Å². The van der Waals surface area contributed by atoms with Gasteiger partial charge in [0.15, 0.2) is 0 Å². The van der Waals surface area contributed by atoms with Crippen LogP contribution in [-0.2, 0) is 19.9 Å². The number of nitrogens with two attached hydrogens (primary N) is 1. The van der Waals surface area contributed by atoms with Gasteiger partial charge >= 0.3 is 0 Å². The summed E-state index contributed by atoms with van der Waals surface area (Å²) in [5.41, 5.74) is 5.31. The zero-order valence-electron chi connectivity index (χ0n) is 12.5. The molecular formula is C13H26N2O4S2. The monoisotopic (exact) mass is 338 g/mol. The summed E-state index contributed by atoms with van der Waals surface area (Å²) in [5.74, 6) is 0.381. The Morgan fingerprint density at radius 1 is 1.24 bits per heavy atom. The molecule has 124 valence electrons. The lowest BCUT2D eigenvalue weighted by molar-refractivity contribution is 0.222. The van der Waals surface area contributed by atoms with Crippen LogP contribution in [0.25, 0.3) is 0 Å². The lowest BCUT2D eigenvalue weighted by Gasteiger charge is -2.40. The number of sulfone groups is 1. The predicted octanol–water partition coefficient (Wildman–Crippen LogP) is 0.391. The number of sulfonamides is 1. The van der Waals surface area contributed by atoms with Crippen molar-refractivity contribution in [3.8, 4) is 0 Å². The Labute approximate surface area is 127 Å². The maximum atomic E-state index is 12.6. The van der Waals surface area contributed by atoms with Crippen molar-refractivity contribution >= 4 is 19.9 Å². The highest BCUT2D eigenvalue weighted by molar-refractivity contribution is 7.92. The summed E-state index contributed by atoms with van der Waals surface area (Å²) >= 11 is 0. The maximum Gasteiger partial charge on any atom is 0.215 e. The van der Waals surface area contributed by atoms with Crippen LogP contribution in [0, 0.1) is 5.92 Å². The van der Waals surface area contributed by atoms with E-state index < -0.39 is 30.6 Å². The second kappa shape index (κ2) is 6.14. The first-order chi connectivity index (χ1) is 9.68. The Morgan fingerprint density at radius 2 is 1.86 bits per heavy atom. The molecule has 0 aromatic rings. The van der Waals surface area contributed by atoms with Gasteiger partial charge in [0.25, 0.3) is 0 Å². The van der Waals surface area contributed by atoms with E-state index in [1.54, 1.807) is 0 Å². The fraction of sp³-hybridized carbons (Fsp3) is 1.00. The largest absolute Gasteiger partial charge is 0.329 e. The highest BCUT2D eigenvalue weighted by Crippen LogP contribution is 2.33. The van der Waals surface area contributed by atoms with Crippen LogP contribution in [-0.4, -0.2) is 45.7 Å². The average molecular weight is 338 g/mol. The first-order valence-electron chi connectivity index (χ1n) is 7.61. The van der Waals surface area contributed by atoms with Crippen molar-refractivity contribution in [3.05, 3.63) is 0 Å². The Hall–Kier alpha value is -0.180. The van der Waals surface area contributed by atoms with E-state index in [1.807, 2.05) is 0 Å². The molecule has 6 nitrogen and oxygen atoms in total. The number of rotatable bonds is 4. The maximum absolute atomic E-state index is 12.6. The molecule has 0 spiro atoms. The van der Waals surface area contributed by atoms with Gasteiger partial charge in [0.05, 0.1) is 16.8 Å². The molecule has 2 unspecified atom stereocenters. The third-order valence-electron chi connectivity index (χ3n) is 4.78. The quantitative estimate of drug-likeness (QED) is 0.771. The molecule has 0 amide bonds. The van der Waals surface area contributed by atoms with E-state index in [9.17, 15) is 16.8 Å². The van der Waals surface area contributed by atoms with Gasteiger partial charge in [-0.2, -0.15) is 0 Å².